The van der Waals surface area contributed by atoms with Gasteiger partial charge in [-0.1, -0.05) is 11.6 Å². The Morgan fingerprint density at radius 3 is 3.00 bits per heavy atom. The van der Waals surface area contributed by atoms with Crippen LogP contribution < -0.4 is 5.32 Å². The smallest absolute Gasteiger partial charge is 0.270 e. The van der Waals surface area contributed by atoms with Crippen LogP contribution in [0.4, 0.5) is 0 Å². The third-order valence-corrected chi connectivity index (χ3v) is 2.72. The van der Waals surface area contributed by atoms with Crippen LogP contribution in [0.25, 0.3) is 0 Å². The number of aromatic nitrogens is 1. The molecule has 0 spiro atoms. The summed E-state index contributed by atoms with van der Waals surface area (Å²) in [5.74, 6) is 0.0330. The lowest BCUT2D eigenvalue weighted by molar-refractivity contribution is 0.0761. The SMILES string of the molecule is O=C(c1cc(Cl)c[nH]1)N1CCCNCC1. The van der Waals surface area contributed by atoms with Crippen molar-refractivity contribution >= 4 is 17.5 Å². The van der Waals surface area contributed by atoms with E-state index >= 15 is 0 Å². The fraction of sp³-hybridized carbons (Fsp3) is 0.500. The fourth-order valence-corrected chi connectivity index (χ4v) is 1.87. The van der Waals surface area contributed by atoms with Crippen molar-refractivity contribution in [1.29, 1.82) is 0 Å². The van der Waals surface area contributed by atoms with Gasteiger partial charge in [0.2, 0.25) is 0 Å². The number of hydrogen-bond donors (Lipinski definition) is 2. The van der Waals surface area contributed by atoms with Gasteiger partial charge in [0, 0.05) is 25.8 Å². The average Bonchev–Trinajstić information content (AvgIpc) is 2.53. The number of carbonyl (C=O) groups is 1. The van der Waals surface area contributed by atoms with Crippen LogP contribution in [-0.4, -0.2) is 42.0 Å². The van der Waals surface area contributed by atoms with E-state index in [-0.39, 0.29) is 5.91 Å². The van der Waals surface area contributed by atoms with Crippen molar-refractivity contribution in [3.63, 3.8) is 0 Å². The van der Waals surface area contributed by atoms with Crippen molar-refractivity contribution in [2.45, 2.75) is 6.42 Å². The molecule has 1 aromatic rings. The van der Waals surface area contributed by atoms with Gasteiger partial charge in [-0.3, -0.25) is 4.79 Å². The average molecular weight is 228 g/mol. The molecule has 5 heteroatoms. The third-order valence-electron chi connectivity index (χ3n) is 2.51. The second kappa shape index (κ2) is 4.68. The summed E-state index contributed by atoms with van der Waals surface area (Å²) in [4.78, 5) is 16.7. The van der Waals surface area contributed by atoms with E-state index in [4.69, 9.17) is 11.6 Å². The van der Waals surface area contributed by atoms with Gasteiger partial charge in [0.25, 0.3) is 5.91 Å². The molecule has 0 radical (unpaired) electrons. The molecule has 15 heavy (non-hydrogen) atoms. The fourth-order valence-electron chi connectivity index (χ4n) is 1.71. The van der Waals surface area contributed by atoms with Crippen molar-refractivity contribution < 1.29 is 4.79 Å². The predicted octanol–water partition coefficient (Wildman–Crippen LogP) is 1.10. The Labute approximate surface area is 93.6 Å². The second-order valence-electron chi connectivity index (χ2n) is 3.63. The zero-order valence-corrected chi connectivity index (χ0v) is 9.18. The highest BCUT2D eigenvalue weighted by Crippen LogP contribution is 2.12. The number of amides is 1. The highest BCUT2D eigenvalue weighted by atomic mass is 35.5. The van der Waals surface area contributed by atoms with E-state index in [2.05, 4.69) is 10.3 Å². The largest absolute Gasteiger partial charge is 0.356 e. The second-order valence-corrected chi connectivity index (χ2v) is 4.06. The maximum atomic E-state index is 12.0. The van der Waals surface area contributed by atoms with Crippen LogP contribution in [0.3, 0.4) is 0 Å². The van der Waals surface area contributed by atoms with E-state index in [1.54, 1.807) is 12.3 Å². The first kappa shape index (κ1) is 10.5. The van der Waals surface area contributed by atoms with Crippen molar-refractivity contribution in [2.24, 2.45) is 0 Å². The van der Waals surface area contributed by atoms with Gasteiger partial charge in [-0.05, 0) is 19.0 Å². The Balaban J connectivity index is 2.06. The van der Waals surface area contributed by atoms with E-state index in [1.807, 2.05) is 4.90 Å². The van der Waals surface area contributed by atoms with Crippen molar-refractivity contribution in [3.05, 3.63) is 23.0 Å². The lowest BCUT2D eigenvalue weighted by atomic mass is 10.3. The van der Waals surface area contributed by atoms with Gasteiger partial charge in [0.15, 0.2) is 0 Å². The Kier molecular flexibility index (Phi) is 3.28. The van der Waals surface area contributed by atoms with Crippen LogP contribution in [0.5, 0.6) is 0 Å². The van der Waals surface area contributed by atoms with Crippen LogP contribution in [0.1, 0.15) is 16.9 Å². The maximum Gasteiger partial charge on any atom is 0.270 e. The van der Waals surface area contributed by atoms with Crippen LogP contribution >= 0.6 is 11.6 Å². The molecule has 0 saturated carbocycles. The Morgan fingerprint density at radius 2 is 2.27 bits per heavy atom. The molecule has 2 heterocycles. The molecule has 4 nitrogen and oxygen atoms in total. The van der Waals surface area contributed by atoms with Crippen molar-refractivity contribution in [2.75, 3.05) is 26.2 Å². The first-order valence-electron chi connectivity index (χ1n) is 5.11. The minimum atomic E-state index is 0.0330. The van der Waals surface area contributed by atoms with Crippen molar-refractivity contribution in [1.82, 2.24) is 15.2 Å². The Bertz CT molecular complexity index is 342. The lowest BCUT2D eigenvalue weighted by Gasteiger charge is -2.18. The van der Waals surface area contributed by atoms with E-state index < -0.39 is 0 Å². The summed E-state index contributed by atoms with van der Waals surface area (Å²) in [6.07, 6.45) is 2.63. The summed E-state index contributed by atoms with van der Waals surface area (Å²) < 4.78 is 0. The molecular formula is C10H14ClN3O. The number of aromatic amines is 1. The molecule has 0 bridgehead atoms. The predicted molar refractivity (Wildman–Crippen MR) is 59.2 cm³/mol. The Hall–Kier alpha value is -1.00. The van der Waals surface area contributed by atoms with E-state index in [0.717, 1.165) is 32.6 Å². The van der Waals surface area contributed by atoms with E-state index in [0.29, 0.717) is 10.7 Å². The topological polar surface area (TPSA) is 48.1 Å². The molecule has 1 saturated heterocycles. The number of halogens is 1. The molecule has 1 amide bonds. The summed E-state index contributed by atoms with van der Waals surface area (Å²) in [6.45, 7) is 3.41. The minimum absolute atomic E-state index is 0.0330. The minimum Gasteiger partial charge on any atom is -0.356 e. The van der Waals surface area contributed by atoms with Crippen LogP contribution in [-0.2, 0) is 0 Å². The molecule has 0 aromatic carbocycles. The van der Waals surface area contributed by atoms with Gasteiger partial charge >= 0.3 is 0 Å². The molecule has 1 fully saturated rings. The number of hydrogen-bond acceptors (Lipinski definition) is 2. The summed E-state index contributed by atoms with van der Waals surface area (Å²) in [7, 11) is 0. The summed E-state index contributed by atoms with van der Waals surface area (Å²) in [5.41, 5.74) is 0.571. The van der Waals surface area contributed by atoms with Gasteiger partial charge in [-0.25, -0.2) is 0 Å². The molecule has 0 atom stereocenters. The van der Waals surface area contributed by atoms with E-state index in [1.165, 1.54) is 0 Å². The van der Waals surface area contributed by atoms with Gasteiger partial charge in [-0.15, -0.1) is 0 Å². The van der Waals surface area contributed by atoms with Crippen molar-refractivity contribution in [3.8, 4) is 0 Å². The van der Waals surface area contributed by atoms with Gasteiger partial charge in [-0.2, -0.15) is 0 Å². The maximum absolute atomic E-state index is 12.0. The van der Waals surface area contributed by atoms with Crippen LogP contribution in [0, 0.1) is 0 Å². The monoisotopic (exact) mass is 227 g/mol. The zero-order chi connectivity index (χ0) is 10.7. The van der Waals surface area contributed by atoms with E-state index in [9.17, 15) is 4.79 Å². The first-order chi connectivity index (χ1) is 7.27. The summed E-state index contributed by atoms with van der Waals surface area (Å²) in [6, 6.07) is 1.67. The molecule has 2 N–H and O–H groups in total. The van der Waals surface area contributed by atoms with Gasteiger partial charge in [0.05, 0.1) is 5.02 Å². The van der Waals surface area contributed by atoms with Crippen LogP contribution in [0.15, 0.2) is 12.3 Å². The number of nitrogens with zero attached hydrogens (tertiary/aromatic N) is 1. The third kappa shape index (κ3) is 2.52. The number of carbonyl (C=O) groups excluding carboxylic acids is 1. The zero-order valence-electron chi connectivity index (χ0n) is 8.42. The molecule has 82 valence electrons. The first-order valence-corrected chi connectivity index (χ1v) is 5.49. The molecule has 0 aliphatic carbocycles. The highest BCUT2D eigenvalue weighted by molar-refractivity contribution is 6.30. The highest BCUT2D eigenvalue weighted by Gasteiger charge is 2.17. The number of rotatable bonds is 1. The molecule has 1 aliphatic rings. The standard InChI is InChI=1S/C10H14ClN3O/c11-8-6-9(13-7-8)10(15)14-4-1-2-12-3-5-14/h6-7,12-13H,1-5H2. The lowest BCUT2D eigenvalue weighted by Crippen LogP contribution is -2.34. The Morgan fingerprint density at radius 1 is 1.40 bits per heavy atom. The number of nitrogens with one attached hydrogen (secondary N) is 2. The van der Waals surface area contributed by atoms with Gasteiger partial charge < -0.3 is 15.2 Å². The normalized spacial score (nSPS) is 17.5. The molecule has 1 aromatic heterocycles. The summed E-state index contributed by atoms with van der Waals surface area (Å²) >= 11 is 5.76. The molecular weight excluding hydrogens is 214 g/mol. The molecule has 1 aliphatic heterocycles. The van der Waals surface area contributed by atoms with Gasteiger partial charge in [0.1, 0.15) is 5.69 Å². The number of H-pyrrole nitrogens is 1. The summed E-state index contributed by atoms with van der Waals surface area (Å²) in [5, 5.41) is 3.83. The molecule has 0 unspecified atom stereocenters. The molecule has 2 rings (SSSR count). The quantitative estimate of drug-likeness (QED) is 0.755. The van der Waals surface area contributed by atoms with Crippen LogP contribution in [0.2, 0.25) is 5.02 Å².